The third-order valence-corrected chi connectivity index (χ3v) is 3.68. The number of aromatic nitrogens is 4. The van der Waals surface area contributed by atoms with Gasteiger partial charge >= 0.3 is 0 Å². The van der Waals surface area contributed by atoms with Gasteiger partial charge in [0.1, 0.15) is 17.3 Å². The fraction of sp³-hybridized carbons (Fsp3) is 0.625. The van der Waals surface area contributed by atoms with Crippen LogP contribution in [0.1, 0.15) is 52.1 Å². The predicted molar refractivity (Wildman–Crippen MR) is 87.2 cm³/mol. The van der Waals surface area contributed by atoms with Gasteiger partial charge in [-0.05, 0) is 13.3 Å². The van der Waals surface area contributed by atoms with Crippen molar-refractivity contribution in [2.45, 2.75) is 59.4 Å². The minimum atomic E-state index is -0.0315. The van der Waals surface area contributed by atoms with Gasteiger partial charge in [0.05, 0.1) is 5.69 Å². The highest BCUT2D eigenvalue weighted by Crippen LogP contribution is 2.33. The second kappa shape index (κ2) is 5.54. The molecule has 21 heavy (non-hydrogen) atoms. The SMILES string of the molecule is CCCCn1c(C(C)(C)C)nc(-c2cn(C)nc2C)c1N. The quantitative estimate of drug-likeness (QED) is 0.939. The van der Waals surface area contributed by atoms with Crippen LogP contribution in [0.3, 0.4) is 0 Å². The van der Waals surface area contributed by atoms with E-state index in [9.17, 15) is 0 Å². The van der Waals surface area contributed by atoms with Gasteiger partial charge in [-0.25, -0.2) is 4.98 Å². The first-order chi connectivity index (χ1) is 9.75. The lowest BCUT2D eigenvalue weighted by molar-refractivity contribution is 0.491. The van der Waals surface area contributed by atoms with Gasteiger partial charge in [-0.2, -0.15) is 5.10 Å². The molecule has 0 atom stereocenters. The first-order valence-corrected chi connectivity index (χ1v) is 7.62. The molecule has 0 aliphatic rings. The summed E-state index contributed by atoms with van der Waals surface area (Å²) in [5.74, 6) is 1.80. The summed E-state index contributed by atoms with van der Waals surface area (Å²) in [5.41, 5.74) is 9.23. The molecule has 2 aromatic heterocycles. The molecule has 2 aromatic rings. The number of unbranched alkanes of at least 4 members (excludes halogenated alkanes) is 1. The molecular weight excluding hydrogens is 262 g/mol. The third kappa shape index (κ3) is 2.96. The molecule has 0 aromatic carbocycles. The maximum absolute atomic E-state index is 6.42. The van der Waals surface area contributed by atoms with E-state index < -0.39 is 0 Å². The van der Waals surface area contributed by atoms with Crippen LogP contribution < -0.4 is 5.73 Å². The largest absolute Gasteiger partial charge is 0.383 e. The maximum Gasteiger partial charge on any atom is 0.131 e. The zero-order chi connectivity index (χ0) is 15.8. The lowest BCUT2D eigenvalue weighted by Gasteiger charge is -2.20. The van der Waals surface area contributed by atoms with Crippen molar-refractivity contribution in [2.75, 3.05) is 5.73 Å². The first kappa shape index (κ1) is 15.6. The second-order valence-electron chi connectivity index (χ2n) is 6.73. The summed E-state index contributed by atoms with van der Waals surface area (Å²) in [6.45, 7) is 11.6. The molecule has 0 aliphatic carbocycles. The van der Waals surface area contributed by atoms with Crippen molar-refractivity contribution in [3.63, 3.8) is 0 Å². The van der Waals surface area contributed by atoms with Gasteiger partial charge in [0.2, 0.25) is 0 Å². The molecule has 0 aliphatic heterocycles. The molecule has 2 rings (SSSR count). The van der Waals surface area contributed by atoms with Crippen molar-refractivity contribution < 1.29 is 0 Å². The van der Waals surface area contributed by atoms with E-state index in [-0.39, 0.29) is 5.41 Å². The number of anilines is 1. The lowest BCUT2D eigenvalue weighted by atomic mass is 9.95. The normalized spacial score (nSPS) is 12.1. The van der Waals surface area contributed by atoms with Crippen LogP contribution in [0.4, 0.5) is 5.82 Å². The molecule has 0 bridgehead atoms. The highest BCUT2D eigenvalue weighted by Gasteiger charge is 2.26. The maximum atomic E-state index is 6.42. The average molecular weight is 289 g/mol. The highest BCUT2D eigenvalue weighted by molar-refractivity contribution is 5.72. The van der Waals surface area contributed by atoms with Crippen LogP contribution in [0.5, 0.6) is 0 Å². The van der Waals surface area contributed by atoms with E-state index in [0.29, 0.717) is 0 Å². The van der Waals surface area contributed by atoms with E-state index in [2.05, 4.69) is 37.4 Å². The molecular formula is C16H27N5. The van der Waals surface area contributed by atoms with E-state index in [1.54, 1.807) is 0 Å². The van der Waals surface area contributed by atoms with Crippen molar-refractivity contribution in [1.29, 1.82) is 0 Å². The van der Waals surface area contributed by atoms with Gasteiger partial charge in [0, 0.05) is 30.8 Å². The Morgan fingerprint density at radius 1 is 1.29 bits per heavy atom. The lowest BCUT2D eigenvalue weighted by Crippen LogP contribution is -2.20. The number of nitrogen functional groups attached to an aromatic ring is 1. The van der Waals surface area contributed by atoms with E-state index in [1.807, 2.05) is 24.9 Å². The summed E-state index contributed by atoms with van der Waals surface area (Å²) in [5, 5.41) is 4.40. The standard InChI is InChI=1S/C16H27N5/c1-7-8-9-21-14(17)13(18-15(21)16(3,4)5)12-10-20(6)19-11(12)2/h10H,7-9,17H2,1-6H3. The Labute approximate surface area is 127 Å². The summed E-state index contributed by atoms with van der Waals surface area (Å²) in [4.78, 5) is 4.86. The number of hydrogen-bond acceptors (Lipinski definition) is 3. The molecule has 2 heterocycles. The molecule has 5 heteroatoms. The summed E-state index contributed by atoms with van der Waals surface area (Å²) in [7, 11) is 1.92. The van der Waals surface area contributed by atoms with Crippen molar-refractivity contribution in [3.05, 3.63) is 17.7 Å². The molecule has 0 amide bonds. The minimum absolute atomic E-state index is 0.0315. The number of nitrogens with two attached hydrogens (primary N) is 1. The molecule has 0 radical (unpaired) electrons. The van der Waals surface area contributed by atoms with E-state index in [4.69, 9.17) is 10.7 Å². The Morgan fingerprint density at radius 2 is 1.95 bits per heavy atom. The monoisotopic (exact) mass is 289 g/mol. The van der Waals surface area contributed by atoms with Gasteiger partial charge in [-0.15, -0.1) is 0 Å². The van der Waals surface area contributed by atoms with Crippen LogP contribution in [0.2, 0.25) is 0 Å². The van der Waals surface area contributed by atoms with E-state index in [0.717, 1.165) is 48.0 Å². The van der Waals surface area contributed by atoms with Crippen molar-refractivity contribution in [1.82, 2.24) is 19.3 Å². The fourth-order valence-electron chi connectivity index (χ4n) is 2.61. The van der Waals surface area contributed by atoms with Crippen molar-refractivity contribution in [3.8, 4) is 11.3 Å². The van der Waals surface area contributed by atoms with Crippen molar-refractivity contribution in [2.24, 2.45) is 7.05 Å². The molecule has 0 fully saturated rings. The molecule has 0 spiro atoms. The molecule has 2 N–H and O–H groups in total. The highest BCUT2D eigenvalue weighted by atomic mass is 15.3. The number of aryl methyl sites for hydroxylation is 2. The topological polar surface area (TPSA) is 61.7 Å². The molecule has 0 unspecified atom stereocenters. The van der Waals surface area contributed by atoms with Crippen LogP contribution >= 0.6 is 0 Å². The third-order valence-electron chi connectivity index (χ3n) is 3.68. The van der Waals surface area contributed by atoms with Crippen LogP contribution in [0.25, 0.3) is 11.3 Å². The summed E-state index contributed by atoms with van der Waals surface area (Å²) >= 11 is 0. The number of nitrogens with zero attached hydrogens (tertiary/aromatic N) is 4. The Balaban J connectivity index is 2.58. The Hall–Kier alpha value is -1.78. The van der Waals surface area contributed by atoms with Gasteiger partial charge in [0.25, 0.3) is 0 Å². The van der Waals surface area contributed by atoms with Gasteiger partial charge < -0.3 is 10.3 Å². The number of hydrogen-bond donors (Lipinski definition) is 1. The Kier molecular flexibility index (Phi) is 4.12. The average Bonchev–Trinajstić information content (AvgIpc) is 2.86. The summed E-state index contributed by atoms with van der Waals surface area (Å²) in [6.07, 6.45) is 4.24. The van der Waals surface area contributed by atoms with Gasteiger partial charge in [0.15, 0.2) is 0 Å². The zero-order valence-corrected chi connectivity index (χ0v) is 14.1. The van der Waals surface area contributed by atoms with E-state index in [1.165, 1.54) is 0 Å². The molecule has 0 saturated carbocycles. The Morgan fingerprint density at radius 3 is 2.43 bits per heavy atom. The second-order valence-corrected chi connectivity index (χ2v) is 6.73. The van der Waals surface area contributed by atoms with Crippen molar-refractivity contribution >= 4 is 5.82 Å². The van der Waals surface area contributed by atoms with Crippen LogP contribution in [-0.2, 0) is 19.0 Å². The molecule has 5 nitrogen and oxygen atoms in total. The first-order valence-electron chi connectivity index (χ1n) is 7.62. The van der Waals surface area contributed by atoms with Crippen LogP contribution in [0.15, 0.2) is 6.20 Å². The van der Waals surface area contributed by atoms with Crippen LogP contribution in [-0.4, -0.2) is 19.3 Å². The smallest absolute Gasteiger partial charge is 0.131 e. The molecule has 116 valence electrons. The predicted octanol–water partition coefficient (Wildman–Crippen LogP) is 3.27. The summed E-state index contributed by atoms with van der Waals surface area (Å²) in [6, 6.07) is 0. The minimum Gasteiger partial charge on any atom is -0.383 e. The van der Waals surface area contributed by atoms with Gasteiger partial charge in [-0.3, -0.25) is 4.68 Å². The zero-order valence-electron chi connectivity index (χ0n) is 14.1. The summed E-state index contributed by atoms with van der Waals surface area (Å²) < 4.78 is 3.98. The van der Waals surface area contributed by atoms with Crippen LogP contribution in [0, 0.1) is 6.92 Å². The van der Waals surface area contributed by atoms with Gasteiger partial charge in [-0.1, -0.05) is 34.1 Å². The van der Waals surface area contributed by atoms with E-state index >= 15 is 0 Å². The number of imidazole rings is 1. The fourth-order valence-corrected chi connectivity index (χ4v) is 2.61. The Bertz CT molecular complexity index is 628. The molecule has 0 saturated heterocycles. The number of rotatable bonds is 4.